The third-order valence-corrected chi connectivity index (χ3v) is 7.45. The normalized spacial score (nSPS) is 17.9. The molecule has 4 aromatic rings. The second kappa shape index (κ2) is 13.1. The molecule has 0 unspecified atom stereocenters. The molecule has 0 saturated carbocycles. The number of carbonyl (C=O) groups is 1. The highest BCUT2D eigenvalue weighted by Gasteiger charge is 2.53. The first kappa shape index (κ1) is 28.5. The summed E-state index contributed by atoms with van der Waals surface area (Å²) in [5.74, 6) is 0.238. The smallest absolute Gasteiger partial charge is 0.252 e. The van der Waals surface area contributed by atoms with Crippen LogP contribution in [0.5, 0.6) is 5.75 Å². The molecule has 0 aromatic heterocycles. The van der Waals surface area contributed by atoms with Gasteiger partial charge in [-0.15, -0.1) is 0 Å². The van der Waals surface area contributed by atoms with Crippen LogP contribution >= 0.6 is 15.9 Å². The summed E-state index contributed by atoms with van der Waals surface area (Å²) in [6, 6.07) is 31.0. The van der Waals surface area contributed by atoms with Crippen molar-refractivity contribution in [2.24, 2.45) is 4.99 Å². The number of benzene rings is 4. The quantitative estimate of drug-likeness (QED) is 0.198. The van der Waals surface area contributed by atoms with E-state index in [4.69, 9.17) is 19.6 Å². The SMILES string of the molecule is O=C(NCc1ccccc1F)[C@]1(Cc2ccc(Br)cc2)N=C(c2ccc(OCCCO)cc2)O[C@@H]1c1ccccc1. The molecule has 0 fully saturated rings. The number of rotatable bonds is 11. The van der Waals surface area contributed by atoms with Crippen LogP contribution < -0.4 is 10.1 Å². The van der Waals surface area contributed by atoms with Crippen molar-refractivity contribution in [1.82, 2.24) is 5.32 Å². The molecule has 0 radical (unpaired) electrons. The molecule has 1 aliphatic heterocycles. The van der Waals surface area contributed by atoms with Gasteiger partial charge in [0, 0.05) is 41.6 Å². The average Bonchev–Trinajstić information content (AvgIpc) is 3.39. The van der Waals surface area contributed by atoms with Gasteiger partial charge in [0.25, 0.3) is 5.91 Å². The van der Waals surface area contributed by atoms with Crippen LogP contribution in [-0.2, 0) is 22.5 Å². The van der Waals surface area contributed by atoms with Gasteiger partial charge >= 0.3 is 0 Å². The van der Waals surface area contributed by atoms with Crippen LogP contribution in [0.2, 0.25) is 0 Å². The van der Waals surface area contributed by atoms with E-state index in [2.05, 4.69) is 21.2 Å². The van der Waals surface area contributed by atoms with Gasteiger partial charge in [-0.1, -0.05) is 76.6 Å². The van der Waals surface area contributed by atoms with Gasteiger partial charge in [-0.25, -0.2) is 9.38 Å². The molecule has 0 aliphatic carbocycles. The van der Waals surface area contributed by atoms with Crippen molar-refractivity contribution in [3.63, 3.8) is 0 Å². The van der Waals surface area contributed by atoms with E-state index in [0.717, 1.165) is 15.6 Å². The summed E-state index contributed by atoms with van der Waals surface area (Å²) in [6.45, 7) is 0.477. The highest BCUT2D eigenvalue weighted by molar-refractivity contribution is 9.10. The number of hydrogen-bond acceptors (Lipinski definition) is 5. The zero-order valence-electron chi connectivity index (χ0n) is 22.3. The minimum Gasteiger partial charge on any atom is -0.494 e. The molecule has 0 spiro atoms. The van der Waals surface area contributed by atoms with Crippen LogP contribution in [0.4, 0.5) is 4.39 Å². The number of hydrogen-bond donors (Lipinski definition) is 2. The van der Waals surface area contributed by atoms with Crippen LogP contribution in [0.3, 0.4) is 0 Å². The van der Waals surface area contributed by atoms with Gasteiger partial charge in [0.15, 0.2) is 11.6 Å². The van der Waals surface area contributed by atoms with E-state index in [9.17, 15) is 9.18 Å². The van der Waals surface area contributed by atoms with E-state index in [-0.39, 0.29) is 31.3 Å². The third-order valence-electron chi connectivity index (χ3n) is 6.92. The van der Waals surface area contributed by atoms with Crippen molar-refractivity contribution in [2.45, 2.75) is 31.0 Å². The van der Waals surface area contributed by atoms with Gasteiger partial charge in [0.05, 0.1) is 6.61 Å². The zero-order chi connectivity index (χ0) is 28.7. The van der Waals surface area contributed by atoms with Crippen LogP contribution in [0.1, 0.15) is 34.8 Å². The van der Waals surface area contributed by atoms with E-state index in [1.807, 2.05) is 78.9 Å². The Labute approximate surface area is 247 Å². The molecule has 4 aromatic carbocycles. The minimum absolute atomic E-state index is 0.0137. The molecule has 0 bridgehead atoms. The molecule has 1 aliphatic rings. The van der Waals surface area contributed by atoms with Crippen LogP contribution in [0, 0.1) is 5.82 Å². The van der Waals surface area contributed by atoms with Crippen LogP contribution in [0.15, 0.2) is 113 Å². The molecule has 8 heteroatoms. The number of nitrogens with zero attached hydrogens (tertiary/aromatic N) is 1. The third kappa shape index (κ3) is 6.66. The van der Waals surface area contributed by atoms with E-state index in [1.54, 1.807) is 18.2 Å². The molecule has 0 saturated heterocycles. The van der Waals surface area contributed by atoms with E-state index >= 15 is 0 Å². The van der Waals surface area contributed by atoms with Crippen molar-refractivity contribution in [3.8, 4) is 5.75 Å². The Morgan fingerprint density at radius 1 is 0.976 bits per heavy atom. The minimum atomic E-state index is -1.37. The number of aliphatic hydroxyl groups is 1. The summed E-state index contributed by atoms with van der Waals surface area (Å²) in [7, 11) is 0. The number of carbonyl (C=O) groups excluding carboxylic acids is 1. The average molecular weight is 618 g/mol. The van der Waals surface area contributed by atoms with Crippen molar-refractivity contribution in [2.75, 3.05) is 13.2 Å². The number of nitrogens with one attached hydrogen (secondary N) is 1. The second-order valence-electron chi connectivity index (χ2n) is 9.78. The molecule has 210 valence electrons. The van der Waals surface area contributed by atoms with Gasteiger partial charge in [-0.3, -0.25) is 4.79 Å². The van der Waals surface area contributed by atoms with Crippen LogP contribution in [-0.4, -0.2) is 35.7 Å². The Morgan fingerprint density at radius 3 is 2.39 bits per heavy atom. The van der Waals surface area contributed by atoms with Crippen molar-refractivity contribution < 1.29 is 23.8 Å². The lowest BCUT2D eigenvalue weighted by atomic mass is 9.82. The van der Waals surface area contributed by atoms with Crippen molar-refractivity contribution in [3.05, 3.63) is 136 Å². The van der Waals surface area contributed by atoms with Crippen molar-refractivity contribution in [1.29, 1.82) is 0 Å². The first-order valence-electron chi connectivity index (χ1n) is 13.4. The van der Waals surface area contributed by atoms with Gasteiger partial charge in [-0.2, -0.15) is 0 Å². The van der Waals surface area contributed by atoms with Gasteiger partial charge in [-0.05, 0) is 53.6 Å². The Morgan fingerprint density at radius 2 is 1.68 bits per heavy atom. The molecule has 1 amide bonds. The summed E-state index contributed by atoms with van der Waals surface area (Å²) in [5.41, 5.74) is 1.41. The molecular weight excluding hydrogens is 587 g/mol. The molecule has 41 heavy (non-hydrogen) atoms. The molecule has 5 rings (SSSR count). The first-order valence-corrected chi connectivity index (χ1v) is 14.2. The summed E-state index contributed by atoms with van der Waals surface area (Å²) in [4.78, 5) is 19.2. The molecule has 2 atom stereocenters. The summed E-state index contributed by atoms with van der Waals surface area (Å²) < 4.78 is 27.5. The lowest BCUT2D eigenvalue weighted by Crippen LogP contribution is -2.49. The maximum atomic E-state index is 14.4. The Balaban J connectivity index is 1.54. The second-order valence-corrected chi connectivity index (χ2v) is 10.7. The largest absolute Gasteiger partial charge is 0.494 e. The summed E-state index contributed by atoms with van der Waals surface area (Å²) in [6.07, 6.45) is 0.0644. The maximum Gasteiger partial charge on any atom is 0.252 e. The van der Waals surface area contributed by atoms with Gasteiger partial charge in [0.1, 0.15) is 11.6 Å². The Bertz CT molecular complexity index is 1500. The number of ether oxygens (including phenoxy) is 2. The maximum absolute atomic E-state index is 14.4. The highest BCUT2D eigenvalue weighted by Crippen LogP contribution is 2.42. The Hall–Kier alpha value is -4.01. The molecular formula is C33H30BrFN2O4. The lowest BCUT2D eigenvalue weighted by Gasteiger charge is -2.31. The topological polar surface area (TPSA) is 80.2 Å². The van der Waals surface area contributed by atoms with E-state index in [1.165, 1.54) is 6.07 Å². The molecule has 1 heterocycles. The monoisotopic (exact) mass is 616 g/mol. The first-order chi connectivity index (χ1) is 20.0. The fraction of sp³-hybridized carbons (Fsp3) is 0.212. The standard InChI is InChI=1S/C33H30BrFN2O4/c34-27-15-11-23(12-16-27)21-33(32(39)36-22-26-9-4-5-10-29(26)35)30(24-7-2-1-3-8-24)41-31(37-33)25-13-17-28(18-14-25)40-20-6-19-38/h1-5,7-18,30,38H,6,19-22H2,(H,36,39)/t30-,33-/m1/s1. The van der Waals surface area contributed by atoms with Gasteiger partial charge < -0.3 is 19.9 Å². The van der Waals surface area contributed by atoms with Crippen LogP contribution in [0.25, 0.3) is 0 Å². The van der Waals surface area contributed by atoms with E-state index < -0.39 is 11.6 Å². The fourth-order valence-electron chi connectivity index (χ4n) is 4.79. The zero-order valence-corrected chi connectivity index (χ0v) is 23.9. The number of aliphatic hydroxyl groups excluding tert-OH is 1. The highest BCUT2D eigenvalue weighted by atomic mass is 79.9. The molecule has 2 N–H and O–H groups in total. The Kier molecular flexibility index (Phi) is 9.11. The predicted molar refractivity (Wildman–Crippen MR) is 159 cm³/mol. The number of halogens is 2. The predicted octanol–water partition coefficient (Wildman–Crippen LogP) is 6.17. The summed E-state index contributed by atoms with van der Waals surface area (Å²) in [5, 5.41) is 12.0. The molecule has 6 nitrogen and oxygen atoms in total. The summed E-state index contributed by atoms with van der Waals surface area (Å²) >= 11 is 3.48. The number of aliphatic imine (C=N–C) groups is 1. The van der Waals surface area contributed by atoms with Gasteiger partial charge in [0.2, 0.25) is 5.90 Å². The lowest BCUT2D eigenvalue weighted by molar-refractivity contribution is -0.129. The van der Waals surface area contributed by atoms with E-state index in [0.29, 0.717) is 35.8 Å². The van der Waals surface area contributed by atoms with Crippen molar-refractivity contribution >= 4 is 27.7 Å². The number of amides is 1. The fourth-order valence-corrected chi connectivity index (χ4v) is 5.06.